The Bertz CT molecular complexity index is 1210. The molecule has 3 aromatic rings. The zero-order chi connectivity index (χ0) is 24.5. The molecule has 2 fully saturated rings. The van der Waals surface area contributed by atoms with E-state index in [2.05, 4.69) is 15.2 Å². The zero-order valence-electron chi connectivity index (χ0n) is 19.0. The molecule has 35 heavy (non-hydrogen) atoms. The maximum Gasteiger partial charge on any atom is 0.387 e. The number of hydrogen-bond donors (Lipinski definition) is 2. The number of rotatable bonds is 6. The van der Waals surface area contributed by atoms with Crippen LogP contribution in [0.25, 0.3) is 5.52 Å². The number of nitrogens with one attached hydrogen (secondary N) is 1. The minimum Gasteiger partial charge on any atom is -0.434 e. The first kappa shape index (κ1) is 23.5. The summed E-state index contributed by atoms with van der Waals surface area (Å²) >= 11 is 0. The van der Waals surface area contributed by atoms with E-state index in [1.54, 1.807) is 10.7 Å². The van der Waals surface area contributed by atoms with Crippen molar-refractivity contribution in [1.29, 1.82) is 0 Å². The number of nitrogens with zero attached hydrogens (tertiary/aromatic N) is 3. The van der Waals surface area contributed by atoms with Gasteiger partial charge < -0.3 is 20.1 Å². The van der Waals surface area contributed by atoms with Gasteiger partial charge in [0.15, 0.2) is 0 Å². The molecule has 186 valence electrons. The molecule has 7 nitrogen and oxygen atoms in total. The monoisotopic (exact) mass is 488 g/mol. The number of pyridine rings is 1. The molecule has 3 heterocycles. The Hall–Kier alpha value is -3.27. The number of hydrogen-bond acceptors (Lipinski definition) is 5. The lowest BCUT2D eigenvalue weighted by molar-refractivity contribution is -0.0506. The summed E-state index contributed by atoms with van der Waals surface area (Å²) in [6.07, 6.45) is 7.18. The smallest absolute Gasteiger partial charge is 0.387 e. The highest BCUT2D eigenvalue weighted by Crippen LogP contribution is 2.41. The average Bonchev–Trinajstić information content (AvgIpc) is 3.48. The molecule has 1 atom stereocenters. The molecule has 0 radical (unpaired) electrons. The van der Waals surface area contributed by atoms with Crippen LogP contribution in [-0.4, -0.2) is 45.9 Å². The number of halogens is 3. The van der Waals surface area contributed by atoms with Gasteiger partial charge in [-0.15, -0.1) is 0 Å². The van der Waals surface area contributed by atoms with E-state index in [9.17, 15) is 23.1 Å². The van der Waals surface area contributed by atoms with Crippen LogP contribution in [0.2, 0.25) is 0 Å². The van der Waals surface area contributed by atoms with Gasteiger partial charge in [0.05, 0.1) is 29.4 Å². The number of amides is 1. The Morgan fingerprint density at radius 3 is 2.71 bits per heavy atom. The van der Waals surface area contributed by atoms with Crippen molar-refractivity contribution in [2.24, 2.45) is 0 Å². The van der Waals surface area contributed by atoms with Crippen LogP contribution >= 0.6 is 0 Å². The van der Waals surface area contributed by atoms with E-state index >= 15 is 0 Å². The number of aromatic nitrogens is 2. The Balaban J connectivity index is 1.42. The van der Waals surface area contributed by atoms with Gasteiger partial charge in [-0.1, -0.05) is 0 Å². The minimum atomic E-state index is -3.01. The van der Waals surface area contributed by atoms with Crippen molar-refractivity contribution in [1.82, 2.24) is 14.9 Å². The van der Waals surface area contributed by atoms with Crippen molar-refractivity contribution < 1.29 is 27.8 Å². The van der Waals surface area contributed by atoms with Gasteiger partial charge in [-0.2, -0.15) is 13.9 Å². The first-order chi connectivity index (χ1) is 16.9. The van der Waals surface area contributed by atoms with Crippen LogP contribution in [-0.2, 0) is 0 Å². The minimum absolute atomic E-state index is 0.00762. The van der Waals surface area contributed by atoms with Crippen molar-refractivity contribution in [2.75, 3.05) is 11.4 Å². The lowest BCUT2D eigenvalue weighted by atomic mass is 9.93. The topological polar surface area (TPSA) is 79.1 Å². The van der Waals surface area contributed by atoms with Gasteiger partial charge in [-0.25, -0.2) is 8.91 Å². The summed E-state index contributed by atoms with van der Waals surface area (Å²) < 4.78 is 46.3. The second kappa shape index (κ2) is 9.77. The molecule has 2 aromatic heterocycles. The Morgan fingerprint density at radius 1 is 1.14 bits per heavy atom. The van der Waals surface area contributed by atoms with Crippen LogP contribution in [0.5, 0.6) is 5.75 Å². The first-order valence-electron chi connectivity index (χ1n) is 11.9. The Labute approximate surface area is 200 Å². The van der Waals surface area contributed by atoms with E-state index in [0.717, 1.165) is 31.0 Å². The van der Waals surface area contributed by atoms with E-state index in [1.165, 1.54) is 18.3 Å². The molecule has 5 rings (SSSR count). The second-order valence-electron chi connectivity index (χ2n) is 9.16. The predicted molar refractivity (Wildman–Crippen MR) is 123 cm³/mol. The highest BCUT2D eigenvalue weighted by atomic mass is 19.3. The second-order valence-corrected chi connectivity index (χ2v) is 9.16. The van der Waals surface area contributed by atoms with Crippen LogP contribution in [0.3, 0.4) is 0 Å². The van der Waals surface area contributed by atoms with E-state index in [-0.39, 0.29) is 29.8 Å². The average molecular weight is 489 g/mol. The van der Waals surface area contributed by atoms with Crippen molar-refractivity contribution in [3.05, 3.63) is 59.7 Å². The van der Waals surface area contributed by atoms with Gasteiger partial charge in [0.2, 0.25) is 0 Å². The number of carbonyl (C=O) groups excluding carboxylic acids is 1. The van der Waals surface area contributed by atoms with Crippen molar-refractivity contribution in [3.8, 4) is 5.75 Å². The Kier molecular flexibility index (Phi) is 6.55. The quantitative estimate of drug-likeness (QED) is 0.536. The maximum absolute atomic E-state index is 14.1. The number of alkyl halides is 2. The number of anilines is 1. The van der Waals surface area contributed by atoms with Gasteiger partial charge >= 0.3 is 6.61 Å². The van der Waals surface area contributed by atoms with Crippen molar-refractivity contribution in [2.45, 2.75) is 63.3 Å². The third-order valence-electron chi connectivity index (χ3n) is 6.91. The van der Waals surface area contributed by atoms with Crippen LogP contribution in [0.4, 0.5) is 18.9 Å². The predicted octanol–water partition coefficient (Wildman–Crippen LogP) is 4.45. The van der Waals surface area contributed by atoms with Crippen molar-refractivity contribution in [3.63, 3.8) is 0 Å². The van der Waals surface area contributed by atoms with E-state index in [1.807, 2.05) is 17.0 Å². The molecule has 1 amide bonds. The van der Waals surface area contributed by atoms with Gasteiger partial charge in [-0.3, -0.25) is 4.79 Å². The number of ether oxygens (including phenoxy) is 1. The SMILES string of the molecule is O=C(NC1CCC(O)CC1)c1cnn2ccc(N3CCC[C@@H]3c3cc(F)ccc3OC(F)F)cc12. The summed E-state index contributed by atoms with van der Waals surface area (Å²) in [6, 6.07) is 6.94. The molecule has 0 spiro atoms. The van der Waals surface area contributed by atoms with E-state index in [0.29, 0.717) is 42.5 Å². The summed E-state index contributed by atoms with van der Waals surface area (Å²) in [6.45, 7) is -2.36. The summed E-state index contributed by atoms with van der Waals surface area (Å²) in [5.74, 6) is -0.787. The molecule has 0 bridgehead atoms. The normalized spacial score (nSPS) is 22.7. The molecule has 2 aliphatic rings. The molecule has 1 saturated carbocycles. The number of benzene rings is 1. The first-order valence-corrected chi connectivity index (χ1v) is 11.9. The molecule has 1 aliphatic carbocycles. The van der Waals surface area contributed by atoms with Gasteiger partial charge in [-0.05, 0) is 68.9 Å². The fourth-order valence-electron chi connectivity index (χ4n) is 5.19. The molecule has 2 N–H and O–H groups in total. The molecule has 1 saturated heterocycles. The number of fused-ring (bicyclic) bond motifs is 1. The maximum atomic E-state index is 14.1. The fourth-order valence-corrected chi connectivity index (χ4v) is 5.19. The molecule has 1 aliphatic heterocycles. The van der Waals surface area contributed by atoms with E-state index in [4.69, 9.17) is 0 Å². The zero-order valence-corrected chi connectivity index (χ0v) is 19.0. The third kappa shape index (κ3) is 4.93. The number of aliphatic hydroxyl groups is 1. The van der Waals surface area contributed by atoms with Crippen LogP contribution in [0.1, 0.15) is 60.5 Å². The van der Waals surface area contributed by atoms with Crippen LogP contribution < -0.4 is 15.0 Å². The summed E-state index contributed by atoms with van der Waals surface area (Å²) in [7, 11) is 0. The van der Waals surface area contributed by atoms with Gasteiger partial charge in [0, 0.05) is 30.0 Å². The van der Waals surface area contributed by atoms with Gasteiger partial charge in [0.1, 0.15) is 11.6 Å². The van der Waals surface area contributed by atoms with Crippen LogP contribution in [0, 0.1) is 5.82 Å². The largest absolute Gasteiger partial charge is 0.434 e. The lowest BCUT2D eigenvalue weighted by Gasteiger charge is -2.28. The molecule has 0 unspecified atom stereocenters. The third-order valence-corrected chi connectivity index (χ3v) is 6.91. The highest BCUT2D eigenvalue weighted by Gasteiger charge is 2.30. The molecule has 1 aromatic carbocycles. The molecular formula is C25H27F3N4O3. The summed E-state index contributed by atoms with van der Waals surface area (Å²) in [5, 5.41) is 17.0. The van der Waals surface area contributed by atoms with Crippen molar-refractivity contribution >= 4 is 17.1 Å². The number of carbonyl (C=O) groups is 1. The van der Waals surface area contributed by atoms with Crippen LogP contribution in [0.15, 0.2) is 42.7 Å². The van der Waals surface area contributed by atoms with Gasteiger partial charge in [0.25, 0.3) is 5.91 Å². The number of aliphatic hydroxyl groups excluding tert-OH is 1. The highest BCUT2D eigenvalue weighted by molar-refractivity contribution is 6.01. The molecule has 10 heteroatoms. The standard InChI is InChI=1S/C25H27F3N4O3/c26-15-3-8-23(35-25(27)28)19(12-15)21-2-1-10-31(21)17-9-11-32-22(13-17)20(14-29-32)24(34)30-16-4-6-18(33)7-5-16/h3,8-9,11-14,16,18,21,25,33H,1-2,4-7,10H2,(H,30,34)/t16?,18?,21-/m1/s1. The lowest BCUT2D eigenvalue weighted by Crippen LogP contribution is -2.38. The Morgan fingerprint density at radius 2 is 1.94 bits per heavy atom. The van der Waals surface area contributed by atoms with E-state index < -0.39 is 12.4 Å². The summed E-state index contributed by atoms with van der Waals surface area (Å²) in [4.78, 5) is 15.0. The summed E-state index contributed by atoms with van der Waals surface area (Å²) in [5.41, 5.74) is 2.20. The molecular weight excluding hydrogens is 461 g/mol. The fraction of sp³-hybridized carbons (Fsp3) is 0.440.